The summed E-state index contributed by atoms with van der Waals surface area (Å²) in [5.74, 6) is -1.69. The minimum Gasteiger partial charge on any atom is -0.480 e. The van der Waals surface area contributed by atoms with Gasteiger partial charge in [0.2, 0.25) is 0 Å². The Morgan fingerprint density at radius 2 is 2.11 bits per heavy atom. The van der Waals surface area contributed by atoms with Gasteiger partial charge in [0, 0.05) is 12.6 Å². The number of carboxylic acid groups (broad SMARTS) is 2. The number of nitrogens with one attached hydrogen (secondary N) is 1. The third kappa shape index (κ3) is 4.25. The fourth-order valence-corrected chi connectivity index (χ4v) is 1.86. The molecule has 19 heavy (non-hydrogen) atoms. The van der Waals surface area contributed by atoms with Gasteiger partial charge in [0.1, 0.15) is 12.6 Å². The van der Waals surface area contributed by atoms with Crippen LogP contribution in [0.1, 0.15) is 6.42 Å². The zero-order valence-electron chi connectivity index (χ0n) is 10.2. The quantitative estimate of drug-likeness (QED) is 0.441. The second-order valence-corrected chi connectivity index (χ2v) is 4.07. The molecular weight excluding hydrogens is 256 g/mol. The highest BCUT2D eigenvalue weighted by Crippen LogP contribution is 2.18. The first-order valence-corrected chi connectivity index (χ1v) is 5.68. The van der Waals surface area contributed by atoms with E-state index in [1.165, 1.54) is 6.08 Å². The van der Waals surface area contributed by atoms with E-state index in [2.05, 4.69) is 11.9 Å². The molecule has 1 amide bonds. The predicted octanol–water partition coefficient (Wildman–Crippen LogP) is -0.489. The van der Waals surface area contributed by atoms with Crippen LogP contribution in [-0.4, -0.2) is 64.9 Å². The molecule has 1 heterocycles. The van der Waals surface area contributed by atoms with Gasteiger partial charge in [-0.05, 0) is 6.42 Å². The van der Waals surface area contributed by atoms with Gasteiger partial charge in [-0.2, -0.15) is 0 Å². The van der Waals surface area contributed by atoms with Gasteiger partial charge in [-0.25, -0.2) is 9.59 Å². The molecule has 0 aromatic carbocycles. The van der Waals surface area contributed by atoms with E-state index in [-0.39, 0.29) is 32.2 Å². The largest absolute Gasteiger partial charge is 0.480 e. The molecule has 8 heteroatoms. The van der Waals surface area contributed by atoms with Crippen LogP contribution >= 0.6 is 0 Å². The monoisotopic (exact) mass is 272 g/mol. The average molecular weight is 272 g/mol. The Hall–Kier alpha value is -2.09. The van der Waals surface area contributed by atoms with Crippen molar-refractivity contribution in [2.45, 2.75) is 18.5 Å². The topological polar surface area (TPSA) is 116 Å². The molecule has 0 aliphatic carbocycles. The number of amides is 1. The van der Waals surface area contributed by atoms with E-state index in [1.807, 2.05) is 0 Å². The maximum absolute atomic E-state index is 11.2. The molecular formula is C11H16N2O6. The Kier molecular flexibility index (Phi) is 5.31. The summed E-state index contributed by atoms with van der Waals surface area (Å²) in [5.41, 5.74) is 0. The molecule has 8 nitrogen and oxygen atoms in total. The number of ether oxygens (including phenoxy) is 1. The van der Waals surface area contributed by atoms with Crippen molar-refractivity contribution in [3.63, 3.8) is 0 Å². The number of aliphatic carboxylic acids is 1. The molecule has 3 N–H and O–H groups in total. The second-order valence-electron chi connectivity index (χ2n) is 4.07. The lowest BCUT2D eigenvalue weighted by molar-refractivity contribution is -0.142. The van der Waals surface area contributed by atoms with Gasteiger partial charge in [-0.1, -0.05) is 12.7 Å². The van der Waals surface area contributed by atoms with Crippen LogP contribution in [0.4, 0.5) is 4.79 Å². The molecule has 1 aliphatic heterocycles. The third-order valence-corrected chi connectivity index (χ3v) is 2.73. The van der Waals surface area contributed by atoms with Crippen molar-refractivity contribution in [1.82, 2.24) is 10.2 Å². The van der Waals surface area contributed by atoms with Crippen molar-refractivity contribution in [3.8, 4) is 0 Å². The number of hydrogen-bond donors (Lipinski definition) is 3. The van der Waals surface area contributed by atoms with Gasteiger partial charge < -0.3 is 20.3 Å². The van der Waals surface area contributed by atoms with Crippen molar-refractivity contribution < 1.29 is 29.3 Å². The van der Waals surface area contributed by atoms with Gasteiger partial charge >= 0.3 is 18.0 Å². The van der Waals surface area contributed by atoms with Crippen LogP contribution in [0.3, 0.4) is 0 Å². The van der Waals surface area contributed by atoms with Gasteiger partial charge in [0.05, 0.1) is 6.54 Å². The fraction of sp³-hybridized carbons (Fsp3) is 0.545. The summed E-state index contributed by atoms with van der Waals surface area (Å²) < 4.78 is 4.73. The smallest absolute Gasteiger partial charge is 0.408 e. The highest BCUT2D eigenvalue weighted by atomic mass is 16.5. The molecule has 0 bridgehead atoms. The number of carboxylic acids is 1. The fourth-order valence-electron chi connectivity index (χ4n) is 1.86. The van der Waals surface area contributed by atoms with Gasteiger partial charge in [0.15, 0.2) is 0 Å². The first-order valence-electron chi connectivity index (χ1n) is 5.68. The number of carbonyl (C=O) groups excluding carboxylic acids is 1. The summed E-state index contributed by atoms with van der Waals surface area (Å²) in [4.78, 5) is 33.8. The Morgan fingerprint density at radius 3 is 2.58 bits per heavy atom. The van der Waals surface area contributed by atoms with Crippen molar-refractivity contribution in [2.75, 3.05) is 19.7 Å². The van der Waals surface area contributed by atoms with Crippen LogP contribution in [0.25, 0.3) is 0 Å². The lowest BCUT2D eigenvalue weighted by Gasteiger charge is -2.16. The number of hydrogen-bond acceptors (Lipinski definition) is 5. The molecule has 1 fully saturated rings. The van der Waals surface area contributed by atoms with Crippen molar-refractivity contribution >= 4 is 18.0 Å². The van der Waals surface area contributed by atoms with Crippen molar-refractivity contribution in [1.29, 1.82) is 0 Å². The van der Waals surface area contributed by atoms with Crippen LogP contribution in [0.15, 0.2) is 12.7 Å². The Labute approximate surface area is 109 Å². The highest BCUT2D eigenvalue weighted by molar-refractivity contribution is 5.80. The van der Waals surface area contributed by atoms with Crippen LogP contribution in [0, 0.1) is 0 Å². The Balaban J connectivity index is 2.45. The van der Waals surface area contributed by atoms with Crippen LogP contribution in [-0.2, 0) is 14.3 Å². The summed E-state index contributed by atoms with van der Waals surface area (Å²) in [6, 6.07) is -1.47. The number of likely N-dealkylation sites (tertiary alicyclic amines) is 1. The number of rotatable bonds is 6. The minimum absolute atomic E-state index is 0.0288. The predicted molar refractivity (Wildman–Crippen MR) is 63.7 cm³/mol. The van der Waals surface area contributed by atoms with E-state index in [1.54, 1.807) is 0 Å². The van der Waals surface area contributed by atoms with Gasteiger partial charge in [0.25, 0.3) is 0 Å². The first kappa shape index (κ1) is 15.0. The molecule has 0 aromatic heterocycles. The van der Waals surface area contributed by atoms with E-state index < -0.39 is 24.1 Å². The molecule has 1 aliphatic rings. The molecule has 0 saturated carbocycles. The van der Waals surface area contributed by atoms with Crippen LogP contribution in [0.2, 0.25) is 0 Å². The van der Waals surface area contributed by atoms with Gasteiger partial charge in [-0.3, -0.25) is 9.69 Å². The molecule has 0 aromatic rings. The molecule has 0 radical (unpaired) electrons. The maximum atomic E-state index is 11.2. The van der Waals surface area contributed by atoms with E-state index in [4.69, 9.17) is 14.9 Å². The van der Waals surface area contributed by atoms with E-state index >= 15 is 0 Å². The van der Waals surface area contributed by atoms with E-state index in [9.17, 15) is 14.4 Å². The van der Waals surface area contributed by atoms with Crippen LogP contribution < -0.4 is 5.32 Å². The molecule has 106 valence electrons. The molecule has 1 saturated heterocycles. The maximum Gasteiger partial charge on any atom is 0.408 e. The summed E-state index contributed by atoms with van der Waals surface area (Å²) in [6.45, 7) is 3.43. The SMILES string of the molecule is C=CCOC(=O)CN[C@@H]1C[C@@H](C(=O)O)N(C(=O)O)C1. The minimum atomic E-state index is -1.29. The third-order valence-electron chi connectivity index (χ3n) is 2.73. The normalized spacial score (nSPS) is 22.0. The lowest BCUT2D eigenvalue weighted by Crippen LogP contribution is -2.40. The summed E-state index contributed by atoms with van der Waals surface area (Å²) in [6.07, 6.45) is 0.266. The Bertz CT molecular complexity index is 361. The number of carbonyl (C=O) groups is 3. The van der Waals surface area contributed by atoms with Crippen molar-refractivity contribution in [2.24, 2.45) is 0 Å². The van der Waals surface area contributed by atoms with Crippen LogP contribution in [0.5, 0.6) is 0 Å². The first-order chi connectivity index (χ1) is 8.95. The number of nitrogens with zero attached hydrogens (tertiary/aromatic N) is 1. The zero-order chi connectivity index (χ0) is 14.4. The number of esters is 1. The molecule has 0 unspecified atom stereocenters. The molecule has 0 spiro atoms. The Morgan fingerprint density at radius 1 is 1.42 bits per heavy atom. The summed E-state index contributed by atoms with van der Waals surface area (Å²) in [7, 11) is 0. The molecule has 2 atom stereocenters. The lowest BCUT2D eigenvalue weighted by atomic mass is 10.2. The second kappa shape index (κ2) is 6.74. The van der Waals surface area contributed by atoms with E-state index in [0.29, 0.717) is 0 Å². The molecule has 1 rings (SSSR count). The van der Waals surface area contributed by atoms with Gasteiger partial charge in [-0.15, -0.1) is 0 Å². The highest BCUT2D eigenvalue weighted by Gasteiger charge is 2.39. The summed E-state index contributed by atoms with van der Waals surface area (Å²) >= 11 is 0. The van der Waals surface area contributed by atoms with E-state index in [0.717, 1.165) is 4.90 Å². The van der Waals surface area contributed by atoms with Crippen molar-refractivity contribution in [3.05, 3.63) is 12.7 Å². The standard InChI is InChI=1S/C11H16N2O6/c1-2-3-19-9(14)5-12-7-4-8(10(15)16)13(6-7)11(17)18/h2,7-8,12H,1,3-6H2,(H,15,16)(H,17,18)/t7-,8+/m1/s1. The average Bonchev–Trinajstić information content (AvgIpc) is 2.78. The summed E-state index contributed by atoms with van der Waals surface area (Å²) in [5, 5.41) is 20.6. The zero-order valence-corrected chi connectivity index (χ0v) is 10.2.